The summed E-state index contributed by atoms with van der Waals surface area (Å²) in [6, 6.07) is 0. The monoisotopic (exact) mass is 646 g/mol. The zero-order chi connectivity index (χ0) is 12.2. The van der Waals surface area contributed by atoms with Crippen molar-refractivity contribution in [3.8, 4) is 0 Å². The van der Waals surface area contributed by atoms with Crippen molar-refractivity contribution in [3.05, 3.63) is 0 Å². The molecule has 2 atom stereocenters. The molecular formula is C10H20Cl2Hg2O2. The molecule has 0 saturated heterocycles. The number of hydrogen-bond donors (Lipinski definition) is 0. The van der Waals surface area contributed by atoms with E-state index in [9.17, 15) is 0 Å². The van der Waals surface area contributed by atoms with Crippen LogP contribution in [0.3, 0.4) is 0 Å². The molecule has 0 aromatic carbocycles. The SMILES string of the molecule is CCOC(CCC([CH2][Hg][Cl])OCC)[CH2][Hg][Cl]. The normalized spacial score (nSPS) is 14.0. The average Bonchev–Trinajstić information content (AvgIpc) is 2.27. The van der Waals surface area contributed by atoms with Crippen LogP contribution in [0.4, 0.5) is 0 Å². The van der Waals surface area contributed by atoms with Crippen LogP contribution in [-0.4, -0.2) is 25.4 Å². The molecule has 6 heteroatoms. The van der Waals surface area contributed by atoms with E-state index in [2.05, 4.69) is 0 Å². The molecule has 0 rings (SSSR count). The van der Waals surface area contributed by atoms with Gasteiger partial charge in [0.2, 0.25) is 0 Å². The summed E-state index contributed by atoms with van der Waals surface area (Å²) in [5.41, 5.74) is 0. The summed E-state index contributed by atoms with van der Waals surface area (Å²) < 4.78 is 13.7. The van der Waals surface area contributed by atoms with Crippen molar-refractivity contribution in [2.75, 3.05) is 13.2 Å². The van der Waals surface area contributed by atoms with E-state index in [-0.39, 0.29) is 0 Å². The second-order valence-electron chi connectivity index (χ2n) is 3.69. The Hall–Kier alpha value is 2.37. The molecule has 0 radical (unpaired) electrons. The maximum atomic E-state index is 5.97. The molecule has 0 aliphatic carbocycles. The Morgan fingerprint density at radius 1 is 0.875 bits per heavy atom. The summed E-state index contributed by atoms with van der Waals surface area (Å²) in [4.78, 5) is 0. The fourth-order valence-corrected chi connectivity index (χ4v) is 11.4. The summed E-state index contributed by atoms with van der Waals surface area (Å²) >= 11 is -2.17. The standard InChI is InChI=1S/C10H20O2.2ClH.2Hg/c1-5-11-9(3)7-8-10(4)12-6-2;;;;/h9-10H,3-8H2,1-2H3;2*1H;;/q;;;2*+1/p-2. The molecule has 0 fully saturated rings. The molecule has 90 valence electrons. The van der Waals surface area contributed by atoms with Crippen LogP contribution >= 0.6 is 16.5 Å². The first-order valence-corrected chi connectivity index (χ1v) is 27.4. The summed E-state index contributed by atoms with van der Waals surface area (Å²) in [5.74, 6) is 0. The molecule has 16 heavy (non-hydrogen) atoms. The minimum atomic E-state index is -1.08. The van der Waals surface area contributed by atoms with Crippen LogP contribution in [0.15, 0.2) is 0 Å². The molecule has 0 amide bonds. The average molecular weight is 644 g/mol. The number of ether oxygens (including phenoxy) is 2. The van der Waals surface area contributed by atoms with Gasteiger partial charge in [-0.05, 0) is 0 Å². The molecule has 0 spiro atoms. The molecule has 0 aromatic rings. The number of hydrogen-bond acceptors (Lipinski definition) is 2. The van der Waals surface area contributed by atoms with Gasteiger partial charge in [0.1, 0.15) is 0 Å². The van der Waals surface area contributed by atoms with Crippen LogP contribution in [0, 0.1) is 0 Å². The maximum absolute atomic E-state index is 5.97. The minimum absolute atomic E-state index is 0.388. The van der Waals surface area contributed by atoms with Crippen molar-refractivity contribution in [3.63, 3.8) is 0 Å². The molecule has 0 aliphatic heterocycles. The first kappa shape index (κ1) is 18.4. The Kier molecular flexibility index (Phi) is 15.8. The van der Waals surface area contributed by atoms with E-state index in [0.717, 1.165) is 33.9 Å². The van der Waals surface area contributed by atoms with Crippen molar-refractivity contribution < 1.29 is 56.2 Å². The van der Waals surface area contributed by atoms with Gasteiger partial charge in [-0.3, -0.25) is 0 Å². The number of halogens is 2. The van der Waals surface area contributed by atoms with Gasteiger partial charge in [0.25, 0.3) is 0 Å². The third kappa shape index (κ3) is 10.3. The molecule has 0 heterocycles. The second-order valence-corrected chi connectivity index (χ2v) is 17.7. The molecule has 0 N–H and O–H groups in total. The Balaban J connectivity index is 3.83. The van der Waals surface area contributed by atoms with Crippen LogP contribution in [-0.2, 0) is 56.2 Å². The van der Waals surface area contributed by atoms with Crippen molar-refractivity contribution >= 4 is 16.5 Å². The van der Waals surface area contributed by atoms with Crippen molar-refractivity contribution in [1.82, 2.24) is 0 Å². The van der Waals surface area contributed by atoms with E-state index in [0.29, 0.717) is 12.2 Å². The number of rotatable bonds is 11. The first-order valence-electron chi connectivity index (χ1n) is 6.13. The second kappa shape index (κ2) is 13.8. The van der Waals surface area contributed by atoms with E-state index >= 15 is 0 Å². The van der Waals surface area contributed by atoms with E-state index in [1.165, 1.54) is 0 Å². The fourth-order valence-electron chi connectivity index (χ4n) is 1.71. The van der Waals surface area contributed by atoms with Gasteiger partial charge in [-0.15, -0.1) is 0 Å². The summed E-state index contributed by atoms with van der Waals surface area (Å²) in [6.45, 7) is 5.69. The van der Waals surface area contributed by atoms with Gasteiger partial charge in [-0.25, -0.2) is 0 Å². The van der Waals surface area contributed by atoms with E-state index in [1.807, 2.05) is 13.8 Å². The van der Waals surface area contributed by atoms with Gasteiger partial charge >= 0.3 is 133 Å². The van der Waals surface area contributed by atoms with Gasteiger partial charge in [-0.2, -0.15) is 0 Å². The third-order valence-corrected chi connectivity index (χ3v) is 13.0. The Labute approximate surface area is 131 Å². The van der Waals surface area contributed by atoms with Gasteiger partial charge in [-0.1, -0.05) is 0 Å². The first-order chi connectivity index (χ1) is 7.78. The zero-order valence-corrected chi connectivity index (χ0v) is 22.9. The molecule has 0 aromatic heterocycles. The van der Waals surface area contributed by atoms with Crippen LogP contribution in [0.1, 0.15) is 26.7 Å². The summed E-state index contributed by atoms with van der Waals surface area (Å²) in [5, 5.41) is 0. The van der Waals surface area contributed by atoms with E-state index in [4.69, 9.17) is 26.0 Å². The van der Waals surface area contributed by atoms with E-state index < -0.39 is 46.7 Å². The van der Waals surface area contributed by atoms with Gasteiger partial charge < -0.3 is 0 Å². The van der Waals surface area contributed by atoms with Crippen LogP contribution < -0.4 is 0 Å². The molecule has 0 aliphatic rings. The topological polar surface area (TPSA) is 18.5 Å². The molecule has 2 nitrogen and oxygen atoms in total. The molecule has 0 bridgehead atoms. The van der Waals surface area contributed by atoms with Gasteiger partial charge in [0.05, 0.1) is 0 Å². The summed E-state index contributed by atoms with van der Waals surface area (Å²) in [6.07, 6.45) is 2.96. The van der Waals surface area contributed by atoms with E-state index in [1.54, 1.807) is 0 Å². The molecular weight excluding hydrogens is 624 g/mol. The predicted molar refractivity (Wildman–Crippen MR) is 61.4 cm³/mol. The van der Waals surface area contributed by atoms with Crippen molar-refractivity contribution in [1.29, 1.82) is 0 Å². The quantitative estimate of drug-likeness (QED) is 0.318. The summed E-state index contributed by atoms with van der Waals surface area (Å²) in [7, 11) is 11.9. The fraction of sp³-hybridized carbons (Fsp3) is 1.00. The van der Waals surface area contributed by atoms with Crippen LogP contribution in [0.2, 0.25) is 7.86 Å². The Bertz CT molecular complexity index is 125. The van der Waals surface area contributed by atoms with Crippen LogP contribution in [0.5, 0.6) is 0 Å². The predicted octanol–water partition coefficient (Wildman–Crippen LogP) is 3.89. The Morgan fingerprint density at radius 2 is 1.25 bits per heavy atom. The van der Waals surface area contributed by atoms with Crippen molar-refractivity contribution in [2.45, 2.75) is 46.8 Å². The Morgan fingerprint density at radius 3 is 1.50 bits per heavy atom. The third-order valence-electron chi connectivity index (χ3n) is 2.48. The van der Waals surface area contributed by atoms with Crippen molar-refractivity contribution in [2.24, 2.45) is 0 Å². The molecule has 0 saturated carbocycles. The van der Waals surface area contributed by atoms with Gasteiger partial charge in [0.15, 0.2) is 0 Å². The van der Waals surface area contributed by atoms with Gasteiger partial charge in [0, 0.05) is 0 Å². The van der Waals surface area contributed by atoms with Crippen LogP contribution in [0.25, 0.3) is 0 Å². The molecule has 2 unspecified atom stereocenters. The zero-order valence-electron chi connectivity index (χ0n) is 10.4.